The molecular formula is C3H2Cl4O3. The van der Waals surface area contributed by atoms with Crippen molar-refractivity contribution in [1.29, 1.82) is 0 Å². The highest BCUT2D eigenvalue weighted by Gasteiger charge is 2.44. The van der Waals surface area contributed by atoms with Crippen LogP contribution >= 0.6 is 46.4 Å². The maximum atomic E-state index is 5.33. The summed E-state index contributed by atoms with van der Waals surface area (Å²) in [5, 5.41) is 0. The summed E-state index contributed by atoms with van der Waals surface area (Å²) < 4.78 is 9.85. The van der Waals surface area contributed by atoms with Gasteiger partial charge in [0, 0.05) is 0 Å². The molecule has 0 unspecified atom stereocenters. The van der Waals surface area contributed by atoms with Crippen LogP contribution in [0.5, 0.6) is 0 Å². The molecule has 60 valence electrons. The van der Waals surface area contributed by atoms with Gasteiger partial charge >= 0.3 is 9.41 Å². The Morgan fingerprint density at radius 1 is 0.900 bits per heavy atom. The molecule has 7 heteroatoms. The Labute approximate surface area is 77.0 Å². The maximum Gasteiger partial charge on any atom is 0.338 e. The molecular weight excluding hydrogens is 226 g/mol. The van der Waals surface area contributed by atoms with E-state index in [0.29, 0.717) is 0 Å². The second-order valence-electron chi connectivity index (χ2n) is 1.44. The summed E-state index contributed by atoms with van der Waals surface area (Å²) in [5.41, 5.74) is 0. The second-order valence-corrected chi connectivity index (χ2v) is 3.81. The number of halogens is 4. The molecule has 1 heterocycles. The Hall–Kier alpha value is 1.04. The average Bonchev–Trinajstić information content (AvgIpc) is 1.56. The van der Waals surface area contributed by atoms with Crippen LogP contribution in [0, 0.1) is 0 Å². The Morgan fingerprint density at radius 2 is 1.30 bits per heavy atom. The minimum absolute atomic E-state index is 0.222. The van der Waals surface area contributed by atoms with E-state index in [2.05, 4.69) is 14.2 Å². The van der Waals surface area contributed by atoms with Gasteiger partial charge in [-0.15, -0.1) is 0 Å². The lowest BCUT2D eigenvalue weighted by molar-refractivity contribution is -0.324. The quantitative estimate of drug-likeness (QED) is 0.594. The summed E-state index contributed by atoms with van der Waals surface area (Å²) in [6, 6.07) is 0. The molecule has 0 aromatic carbocycles. The molecule has 0 spiro atoms. The average molecular weight is 228 g/mol. The molecule has 1 rings (SSSR count). The monoisotopic (exact) mass is 226 g/mol. The van der Waals surface area contributed by atoms with Gasteiger partial charge in [0.1, 0.15) is 0 Å². The van der Waals surface area contributed by atoms with Crippen molar-refractivity contribution in [1.82, 2.24) is 0 Å². The molecule has 0 N–H and O–H groups in total. The molecule has 0 bridgehead atoms. The number of hydrogen-bond donors (Lipinski definition) is 0. The fraction of sp³-hybridized carbons (Fsp3) is 1.00. The third-order valence-electron chi connectivity index (χ3n) is 0.692. The van der Waals surface area contributed by atoms with Gasteiger partial charge < -0.3 is 0 Å². The van der Waals surface area contributed by atoms with E-state index in [4.69, 9.17) is 46.4 Å². The van der Waals surface area contributed by atoms with Crippen LogP contribution in [0.3, 0.4) is 0 Å². The molecule has 0 atom stereocenters. The first kappa shape index (κ1) is 9.13. The molecule has 0 aliphatic carbocycles. The predicted molar refractivity (Wildman–Crippen MR) is 37.0 cm³/mol. The van der Waals surface area contributed by atoms with E-state index in [1.807, 2.05) is 0 Å². The second kappa shape index (κ2) is 2.83. The molecule has 3 nitrogen and oxygen atoms in total. The predicted octanol–water partition coefficient (Wildman–Crippen LogP) is 2.19. The summed E-state index contributed by atoms with van der Waals surface area (Å²) in [4.78, 5) is 0. The first-order chi connectivity index (χ1) is 4.41. The van der Waals surface area contributed by atoms with Crippen molar-refractivity contribution in [2.24, 2.45) is 0 Å². The topological polar surface area (TPSA) is 27.7 Å². The van der Waals surface area contributed by atoms with Gasteiger partial charge in [-0.3, -0.25) is 14.2 Å². The van der Waals surface area contributed by atoms with E-state index in [9.17, 15) is 0 Å². The number of rotatable bonds is 0. The van der Waals surface area contributed by atoms with Gasteiger partial charge in [0.2, 0.25) is 0 Å². The van der Waals surface area contributed by atoms with Gasteiger partial charge in [-0.2, -0.15) is 0 Å². The summed E-state index contributed by atoms with van der Waals surface area (Å²) in [6.45, 7) is -0.222. The highest BCUT2D eigenvalue weighted by atomic mass is 35.5. The third-order valence-corrected chi connectivity index (χ3v) is 1.44. The molecule has 1 fully saturated rings. The lowest BCUT2D eigenvalue weighted by atomic mass is 11.1. The van der Waals surface area contributed by atoms with Crippen molar-refractivity contribution in [2.75, 3.05) is 6.79 Å². The third kappa shape index (κ3) is 2.58. The highest BCUT2D eigenvalue weighted by Crippen LogP contribution is 2.39. The lowest BCUT2D eigenvalue weighted by Gasteiger charge is -2.32. The van der Waals surface area contributed by atoms with Crippen molar-refractivity contribution < 1.29 is 14.2 Å². The van der Waals surface area contributed by atoms with Crippen LogP contribution in [-0.2, 0) is 14.2 Å². The summed E-state index contributed by atoms with van der Waals surface area (Å²) in [6.07, 6.45) is 0. The molecule has 0 amide bonds. The first-order valence-electron chi connectivity index (χ1n) is 2.15. The smallest absolute Gasteiger partial charge is 0.297 e. The fourth-order valence-corrected chi connectivity index (χ4v) is 1.13. The fourth-order valence-electron chi connectivity index (χ4n) is 0.364. The molecule has 0 saturated carbocycles. The normalized spacial score (nSPS) is 30.0. The van der Waals surface area contributed by atoms with E-state index in [1.165, 1.54) is 0 Å². The largest absolute Gasteiger partial charge is 0.338 e. The standard InChI is InChI=1S/C3H2Cl4O3/c4-2(5)8-1-9-3(6,7)10-2/h1H2. The molecule has 0 radical (unpaired) electrons. The zero-order valence-electron chi connectivity index (χ0n) is 4.44. The van der Waals surface area contributed by atoms with Crippen LogP contribution in [0.2, 0.25) is 0 Å². The van der Waals surface area contributed by atoms with Gasteiger partial charge in [-0.05, 0) is 46.4 Å². The Bertz CT molecular complexity index is 122. The van der Waals surface area contributed by atoms with Gasteiger partial charge in [-0.1, -0.05) is 0 Å². The Kier molecular flexibility index (Phi) is 2.58. The highest BCUT2D eigenvalue weighted by molar-refractivity contribution is 6.49. The van der Waals surface area contributed by atoms with Gasteiger partial charge in [-0.25, -0.2) is 0 Å². The zero-order chi connectivity index (χ0) is 7.83. The molecule has 0 aromatic heterocycles. The molecule has 1 aliphatic rings. The van der Waals surface area contributed by atoms with E-state index in [-0.39, 0.29) is 6.79 Å². The van der Waals surface area contributed by atoms with Gasteiger partial charge in [0.05, 0.1) is 0 Å². The van der Waals surface area contributed by atoms with Crippen LogP contribution in [-0.4, -0.2) is 16.2 Å². The minimum Gasteiger partial charge on any atom is -0.297 e. The Balaban J connectivity index is 2.56. The molecule has 1 saturated heterocycles. The van der Waals surface area contributed by atoms with Crippen LogP contribution < -0.4 is 0 Å². The lowest BCUT2D eigenvalue weighted by Crippen LogP contribution is -2.40. The van der Waals surface area contributed by atoms with Crippen molar-refractivity contribution in [3.05, 3.63) is 0 Å². The van der Waals surface area contributed by atoms with E-state index in [0.717, 1.165) is 0 Å². The maximum absolute atomic E-state index is 5.33. The van der Waals surface area contributed by atoms with E-state index in [1.54, 1.807) is 0 Å². The van der Waals surface area contributed by atoms with E-state index >= 15 is 0 Å². The summed E-state index contributed by atoms with van der Waals surface area (Å²) in [5.74, 6) is 0. The van der Waals surface area contributed by atoms with E-state index < -0.39 is 9.41 Å². The van der Waals surface area contributed by atoms with Crippen LogP contribution in [0.25, 0.3) is 0 Å². The minimum atomic E-state index is -1.83. The number of ether oxygens (including phenoxy) is 3. The summed E-state index contributed by atoms with van der Waals surface area (Å²) in [7, 11) is 0. The zero-order valence-corrected chi connectivity index (χ0v) is 7.47. The molecule has 10 heavy (non-hydrogen) atoms. The Morgan fingerprint density at radius 3 is 1.50 bits per heavy atom. The number of alkyl halides is 4. The van der Waals surface area contributed by atoms with Crippen molar-refractivity contribution in [3.63, 3.8) is 0 Å². The van der Waals surface area contributed by atoms with Crippen molar-refractivity contribution >= 4 is 46.4 Å². The van der Waals surface area contributed by atoms with Crippen molar-refractivity contribution in [2.45, 2.75) is 9.41 Å². The first-order valence-corrected chi connectivity index (χ1v) is 3.66. The number of hydrogen-bond acceptors (Lipinski definition) is 3. The molecule has 0 aromatic rings. The SMILES string of the molecule is ClC1(Cl)OCOC(Cl)(Cl)O1. The van der Waals surface area contributed by atoms with Crippen LogP contribution in [0.15, 0.2) is 0 Å². The summed E-state index contributed by atoms with van der Waals surface area (Å²) >= 11 is 21.3. The van der Waals surface area contributed by atoms with Crippen LogP contribution in [0.1, 0.15) is 0 Å². The van der Waals surface area contributed by atoms with Crippen molar-refractivity contribution in [3.8, 4) is 0 Å². The van der Waals surface area contributed by atoms with Crippen LogP contribution in [0.4, 0.5) is 0 Å². The van der Waals surface area contributed by atoms with Gasteiger partial charge in [0.25, 0.3) is 0 Å². The molecule has 1 aliphatic heterocycles. The van der Waals surface area contributed by atoms with Gasteiger partial charge in [0.15, 0.2) is 6.79 Å².